The third-order valence-electron chi connectivity index (χ3n) is 4.63. The minimum Gasteiger partial charge on any atom is -0.508 e. The first-order chi connectivity index (χ1) is 9.61. The standard InChI is InChI=1S/C16H22N2O2/c1-18(14-3-2-4-15(19)10-14)16(20)9-11-7-12-5-6-13(8-11)17-12/h2-4,10-13,17,19H,5-9H2,1H3. The van der Waals surface area contributed by atoms with Crippen LogP contribution >= 0.6 is 0 Å². The second-order valence-corrected chi connectivity index (χ2v) is 6.15. The van der Waals surface area contributed by atoms with Crippen LogP contribution in [0, 0.1) is 5.92 Å². The Hall–Kier alpha value is -1.55. The Balaban J connectivity index is 1.61. The number of carbonyl (C=O) groups excluding carboxylic acids is 1. The number of fused-ring (bicyclic) bond motifs is 2. The van der Waals surface area contributed by atoms with Crippen LogP contribution in [0.4, 0.5) is 5.69 Å². The Labute approximate surface area is 119 Å². The van der Waals surface area contributed by atoms with Crippen LogP contribution in [-0.4, -0.2) is 30.1 Å². The van der Waals surface area contributed by atoms with Gasteiger partial charge in [0.1, 0.15) is 5.75 Å². The predicted molar refractivity (Wildman–Crippen MR) is 78.8 cm³/mol. The van der Waals surface area contributed by atoms with Crippen molar-refractivity contribution in [3.05, 3.63) is 24.3 Å². The van der Waals surface area contributed by atoms with E-state index in [1.54, 1.807) is 30.1 Å². The van der Waals surface area contributed by atoms with Crippen molar-refractivity contribution in [3.63, 3.8) is 0 Å². The highest BCUT2D eigenvalue weighted by Crippen LogP contribution is 2.33. The number of rotatable bonds is 3. The van der Waals surface area contributed by atoms with E-state index in [2.05, 4.69) is 5.32 Å². The van der Waals surface area contributed by atoms with Crippen molar-refractivity contribution >= 4 is 11.6 Å². The number of hydrogen-bond donors (Lipinski definition) is 2. The van der Waals surface area contributed by atoms with E-state index in [-0.39, 0.29) is 11.7 Å². The number of carbonyl (C=O) groups is 1. The predicted octanol–water partition coefficient (Wildman–Crippen LogP) is 2.28. The lowest BCUT2D eigenvalue weighted by atomic mass is 9.89. The van der Waals surface area contributed by atoms with E-state index in [1.807, 2.05) is 6.07 Å². The summed E-state index contributed by atoms with van der Waals surface area (Å²) in [6, 6.07) is 8.11. The Kier molecular flexibility index (Phi) is 3.66. The molecule has 2 N–H and O–H groups in total. The number of nitrogens with one attached hydrogen (secondary N) is 1. The van der Waals surface area contributed by atoms with Crippen molar-refractivity contribution in [1.29, 1.82) is 0 Å². The normalized spacial score (nSPS) is 28.4. The number of phenolic OH excluding ortho intramolecular Hbond substituents is 1. The minimum atomic E-state index is 0.141. The molecule has 2 aliphatic heterocycles. The molecule has 20 heavy (non-hydrogen) atoms. The largest absolute Gasteiger partial charge is 0.508 e. The molecule has 1 amide bonds. The quantitative estimate of drug-likeness (QED) is 0.889. The fourth-order valence-electron chi connectivity index (χ4n) is 3.57. The molecule has 0 aromatic heterocycles. The zero-order valence-corrected chi connectivity index (χ0v) is 11.9. The Morgan fingerprint density at radius 1 is 1.35 bits per heavy atom. The van der Waals surface area contributed by atoms with Gasteiger partial charge in [-0.15, -0.1) is 0 Å². The lowest BCUT2D eigenvalue weighted by Crippen LogP contribution is -2.40. The summed E-state index contributed by atoms with van der Waals surface area (Å²) in [6.07, 6.45) is 5.38. The number of anilines is 1. The first-order valence-electron chi connectivity index (χ1n) is 7.43. The van der Waals surface area contributed by atoms with Gasteiger partial charge in [0.05, 0.1) is 0 Å². The molecule has 0 saturated carbocycles. The van der Waals surface area contributed by atoms with Crippen molar-refractivity contribution in [2.75, 3.05) is 11.9 Å². The Morgan fingerprint density at radius 3 is 2.70 bits per heavy atom. The van der Waals surface area contributed by atoms with Crippen LogP contribution in [0.25, 0.3) is 0 Å². The maximum atomic E-state index is 12.4. The Bertz CT molecular complexity index is 491. The van der Waals surface area contributed by atoms with Crippen LogP contribution in [0.1, 0.15) is 32.1 Å². The fraction of sp³-hybridized carbons (Fsp3) is 0.562. The van der Waals surface area contributed by atoms with Gasteiger partial charge in [0, 0.05) is 37.3 Å². The zero-order valence-electron chi connectivity index (χ0n) is 11.9. The molecule has 2 saturated heterocycles. The number of nitrogens with zero attached hydrogens (tertiary/aromatic N) is 1. The van der Waals surface area contributed by atoms with Gasteiger partial charge in [0.2, 0.25) is 5.91 Å². The van der Waals surface area contributed by atoms with Gasteiger partial charge < -0.3 is 15.3 Å². The van der Waals surface area contributed by atoms with Gasteiger partial charge in [-0.1, -0.05) is 6.07 Å². The Morgan fingerprint density at radius 2 is 2.05 bits per heavy atom. The summed E-state index contributed by atoms with van der Waals surface area (Å²) in [5.74, 6) is 0.838. The van der Waals surface area contributed by atoms with Gasteiger partial charge in [0.25, 0.3) is 0 Å². The second kappa shape index (κ2) is 5.44. The molecule has 0 spiro atoms. The number of benzene rings is 1. The topological polar surface area (TPSA) is 52.6 Å². The van der Waals surface area contributed by atoms with Gasteiger partial charge in [-0.25, -0.2) is 0 Å². The van der Waals surface area contributed by atoms with E-state index < -0.39 is 0 Å². The van der Waals surface area contributed by atoms with Crippen molar-refractivity contribution in [1.82, 2.24) is 5.32 Å². The van der Waals surface area contributed by atoms with E-state index in [4.69, 9.17) is 0 Å². The molecule has 4 nitrogen and oxygen atoms in total. The average molecular weight is 274 g/mol. The highest BCUT2D eigenvalue weighted by Gasteiger charge is 2.34. The smallest absolute Gasteiger partial charge is 0.226 e. The zero-order chi connectivity index (χ0) is 14.1. The van der Waals surface area contributed by atoms with Crippen LogP contribution in [0.5, 0.6) is 5.75 Å². The molecule has 2 unspecified atom stereocenters. The van der Waals surface area contributed by atoms with E-state index in [0.29, 0.717) is 24.4 Å². The summed E-state index contributed by atoms with van der Waals surface area (Å²) >= 11 is 0. The molecule has 2 heterocycles. The monoisotopic (exact) mass is 274 g/mol. The lowest BCUT2D eigenvalue weighted by Gasteiger charge is -2.30. The number of aromatic hydroxyl groups is 1. The van der Waals surface area contributed by atoms with Gasteiger partial charge in [0.15, 0.2) is 0 Å². The van der Waals surface area contributed by atoms with E-state index >= 15 is 0 Å². The summed E-state index contributed by atoms with van der Waals surface area (Å²) in [4.78, 5) is 14.0. The maximum absolute atomic E-state index is 12.4. The molecular formula is C16H22N2O2. The first kappa shape index (κ1) is 13.4. The summed E-state index contributed by atoms with van der Waals surface area (Å²) in [5.41, 5.74) is 0.756. The number of hydrogen-bond acceptors (Lipinski definition) is 3. The summed E-state index contributed by atoms with van der Waals surface area (Å²) < 4.78 is 0. The van der Waals surface area contributed by atoms with Gasteiger partial charge >= 0.3 is 0 Å². The van der Waals surface area contributed by atoms with Gasteiger partial charge in [-0.2, -0.15) is 0 Å². The fourth-order valence-corrected chi connectivity index (χ4v) is 3.57. The lowest BCUT2D eigenvalue weighted by molar-refractivity contribution is -0.119. The van der Waals surface area contributed by atoms with Crippen LogP contribution < -0.4 is 10.2 Å². The van der Waals surface area contributed by atoms with Crippen LogP contribution in [0.2, 0.25) is 0 Å². The second-order valence-electron chi connectivity index (χ2n) is 6.15. The molecule has 0 radical (unpaired) electrons. The maximum Gasteiger partial charge on any atom is 0.226 e. The number of amides is 1. The van der Waals surface area contributed by atoms with Crippen molar-refractivity contribution < 1.29 is 9.90 Å². The third-order valence-corrected chi connectivity index (χ3v) is 4.63. The van der Waals surface area contributed by atoms with Crippen LogP contribution in [-0.2, 0) is 4.79 Å². The van der Waals surface area contributed by atoms with E-state index in [1.165, 1.54) is 12.8 Å². The molecule has 1 aromatic rings. The SMILES string of the molecule is CN(C(=O)CC1CC2CCC(C1)N2)c1cccc(O)c1. The highest BCUT2D eigenvalue weighted by atomic mass is 16.3. The molecule has 2 fully saturated rings. The number of phenols is 1. The third kappa shape index (κ3) is 2.80. The van der Waals surface area contributed by atoms with Gasteiger partial charge in [-0.3, -0.25) is 4.79 Å². The molecule has 0 aliphatic carbocycles. The van der Waals surface area contributed by atoms with Crippen molar-refractivity contribution in [2.24, 2.45) is 5.92 Å². The molecular weight excluding hydrogens is 252 g/mol. The molecule has 2 bridgehead atoms. The van der Waals surface area contributed by atoms with Crippen LogP contribution in [0.3, 0.4) is 0 Å². The number of piperidine rings is 1. The highest BCUT2D eigenvalue weighted by molar-refractivity contribution is 5.93. The molecule has 108 valence electrons. The summed E-state index contributed by atoms with van der Waals surface area (Å²) in [5, 5.41) is 13.1. The molecule has 2 atom stereocenters. The molecule has 2 aliphatic rings. The van der Waals surface area contributed by atoms with Crippen molar-refractivity contribution in [2.45, 2.75) is 44.2 Å². The molecule has 1 aromatic carbocycles. The van der Waals surface area contributed by atoms with Crippen LogP contribution in [0.15, 0.2) is 24.3 Å². The molecule has 4 heteroatoms. The summed E-state index contributed by atoms with van der Waals surface area (Å²) in [7, 11) is 1.78. The first-order valence-corrected chi connectivity index (χ1v) is 7.43. The minimum absolute atomic E-state index is 0.141. The van der Waals surface area contributed by atoms with E-state index in [0.717, 1.165) is 18.5 Å². The molecule has 3 rings (SSSR count). The average Bonchev–Trinajstić information content (AvgIpc) is 2.77. The van der Waals surface area contributed by atoms with Gasteiger partial charge in [-0.05, 0) is 43.7 Å². The summed E-state index contributed by atoms with van der Waals surface area (Å²) in [6.45, 7) is 0. The van der Waals surface area contributed by atoms with Crippen molar-refractivity contribution in [3.8, 4) is 5.75 Å². The van der Waals surface area contributed by atoms with E-state index in [9.17, 15) is 9.90 Å².